The van der Waals surface area contributed by atoms with E-state index in [1.807, 2.05) is 0 Å². The highest BCUT2D eigenvalue weighted by Gasteiger charge is 2.25. The summed E-state index contributed by atoms with van der Waals surface area (Å²) in [7, 11) is 0. The van der Waals surface area contributed by atoms with Crippen molar-refractivity contribution in [2.45, 2.75) is 13.8 Å². The molecule has 1 aliphatic heterocycles. The van der Waals surface area contributed by atoms with Gasteiger partial charge >= 0.3 is 0 Å². The monoisotopic (exact) mass is 240 g/mol. The summed E-state index contributed by atoms with van der Waals surface area (Å²) in [6.07, 6.45) is 0.710. The first-order valence-corrected chi connectivity index (χ1v) is 5.44. The van der Waals surface area contributed by atoms with Gasteiger partial charge in [0.1, 0.15) is 0 Å². The predicted molar refractivity (Wildman–Crippen MR) is 61.6 cm³/mol. The molecule has 0 atom stereocenters. The molecule has 0 amide bonds. The van der Waals surface area contributed by atoms with Gasteiger partial charge in [-0.1, -0.05) is 25.4 Å². The Balaban J connectivity index is 2.39. The van der Waals surface area contributed by atoms with Crippen molar-refractivity contribution in [2.24, 2.45) is 5.41 Å². The Morgan fingerprint density at radius 2 is 1.81 bits per heavy atom. The van der Waals surface area contributed by atoms with Gasteiger partial charge in [0.25, 0.3) is 0 Å². The lowest BCUT2D eigenvalue weighted by Crippen LogP contribution is -2.26. The highest BCUT2D eigenvalue weighted by molar-refractivity contribution is 6.33. The fourth-order valence-electron chi connectivity index (χ4n) is 1.45. The van der Waals surface area contributed by atoms with Crippen LogP contribution in [0.5, 0.6) is 11.5 Å². The van der Waals surface area contributed by atoms with E-state index in [0.717, 1.165) is 0 Å². The number of hydrogen-bond acceptors (Lipinski definition) is 3. The minimum absolute atomic E-state index is 0.0488. The van der Waals surface area contributed by atoms with Crippen molar-refractivity contribution in [1.29, 1.82) is 0 Å². The first-order chi connectivity index (χ1) is 7.52. The average Bonchev–Trinajstić information content (AvgIpc) is 2.38. The molecule has 16 heavy (non-hydrogen) atoms. The van der Waals surface area contributed by atoms with Crippen molar-refractivity contribution in [3.8, 4) is 11.5 Å². The third-order valence-electron chi connectivity index (χ3n) is 2.43. The number of rotatable bonds is 1. The zero-order valence-corrected chi connectivity index (χ0v) is 10.0. The van der Waals surface area contributed by atoms with Crippen LogP contribution < -0.4 is 9.47 Å². The summed E-state index contributed by atoms with van der Waals surface area (Å²) < 4.78 is 11.2. The Morgan fingerprint density at radius 3 is 2.38 bits per heavy atom. The van der Waals surface area contributed by atoms with Crippen molar-refractivity contribution < 1.29 is 14.3 Å². The summed E-state index contributed by atoms with van der Waals surface area (Å²) in [6, 6.07) is 3.24. The second-order valence-electron chi connectivity index (χ2n) is 4.68. The summed E-state index contributed by atoms with van der Waals surface area (Å²) >= 11 is 5.92. The zero-order valence-electron chi connectivity index (χ0n) is 9.25. The highest BCUT2D eigenvalue weighted by Crippen LogP contribution is 2.37. The van der Waals surface area contributed by atoms with Gasteiger partial charge in [-0.25, -0.2) is 0 Å². The van der Waals surface area contributed by atoms with Crippen LogP contribution >= 0.6 is 11.6 Å². The van der Waals surface area contributed by atoms with E-state index < -0.39 is 0 Å². The summed E-state index contributed by atoms with van der Waals surface area (Å²) in [4.78, 5) is 10.7. The average molecular weight is 241 g/mol. The Kier molecular flexibility index (Phi) is 2.80. The van der Waals surface area contributed by atoms with E-state index in [1.54, 1.807) is 12.1 Å². The number of fused-ring (bicyclic) bond motifs is 1. The van der Waals surface area contributed by atoms with Crippen LogP contribution in [0.4, 0.5) is 0 Å². The molecule has 1 aromatic rings. The van der Waals surface area contributed by atoms with Crippen molar-refractivity contribution in [3.05, 3.63) is 22.7 Å². The van der Waals surface area contributed by atoms with Gasteiger partial charge in [0.05, 0.1) is 18.2 Å². The maximum atomic E-state index is 10.7. The highest BCUT2D eigenvalue weighted by atomic mass is 35.5. The van der Waals surface area contributed by atoms with Crippen molar-refractivity contribution in [2.75, 3.05) is 13.2 Å². The molecule has 1 aliphatic rings. The molecule has 0 saturated carbocycles. The molecule has 3 nitrogen and oxygen atoms in total. The number of hydrogen-bond donors (Lipinski definition) is 0. The second kappa shape index (κ2) is 3.98. The molecule has 1 aromatic carbocycles. The summed E-state index contributed by atoms with van der Waals surface area (Å²) in [5, 5.41) is 0.386. The quantitative estimate of drug-likeness (QED) is 0.708. The van der Waals surface area contributed by atoms with Crippen molar-refractivity contribution in [1.82, 2.24) is 0 Å². The molecular weight excluding hydrogens is 228 g/mol. The topological polar surface area (TPSA) is 35.5 Å². The maximum absolute atomic E-state index is 10.7. The molecule has 1 heterocycles. The van der Waals surface area contributed by atoms with Gasteiger partial charge in [0, 0.05) is 17.0 Å². The molecular formula is C12H13ClO3. The van der Waals surface area contributed by atoms with Gasteiger partial charge in [0.15, 0.2) is 17.8 Å². The van der Waals surface area contributed by atoms with Crippen LogP contribution in [0.1, 0.15) is 24.2 Å². The Labute approximate surface area is 99.3 Å². The van der Waals surface area contributed by atoms with E-state index >= 15 is 0 Å². The molecule has 0 unspecified atom stereocenters. The standard InChI is InChI=1S/C12H13ClO3/c1-12(2)6-15-10-3-8(5-14)9(13)4-11(10)16-7-12/h3-5H,6-7H2,1-2H3. The van der Waals surface area contributed by atoms with E-state index in [4.69, 9.17) is 21.1 Å². The van der Waals surface area contributed by atoms with Crippen LogP contribution in [0.2, 0.25) is 5.02 Å². The van der Waals surface area contributed by atoms with E-state index in [-0.39, 0.29) is 5.41 Å². The van der Waals surface area contributed by atoms with Crippen molar-refractivity contribution >= 4 is 17.9 Å². The van der Waals surface area contributed by atoms with Gasteiger partial charge in [0.2, 0.25) is 0 Å². The lowest BCUT2D eigenvalue weighted by Gasteiger charge is -2.19. The third kappa shape index (κ3) is 2.14. The fraction of sp³-hybridized carbons (Fsp3) is 0.417. The number of halogens is 1. The van der Waals surface area contributed by atoms with Crippen LogP contribution in [0.15, 0.2) is 12.1 Å². The molecule has 0 bridgehead atoms. The lowest BCUT2D eigenvalue weighted by molar-refractivity contribution is 0.112. The van der Waals surface area contributed by atoms with Gasteiger partial charge in [-0.15, -0.1) is 0 Å². The van der Waals surface area contributed by atoms with Crippen LogP contribution in [-0.4, -0.2) is 19.5 Å². The molecule has 0 N–H and O–H groups in total. The molecule has 0 saturated heterocycles. The van der Waals surface area contributed by atoms with E-state index in [2.05, 4.69) is 13.8 Å². The maximum Gasteiger partial charge on any atom is 0.162 e. The molecule has 86 valence electrons. The summed E-state index contributed by atoms with van der Waals surface area (Å²) in [5.41, 5.74) is 0.371. The van der Waals surface area contributed by atoms with Crippen molar-refractivity contribution in [3.63, 3.8) is 0 Å². The zero-order chi connectivity index (χ0) is 11.8. The molecule has 0 aliphatic carbocycles. The normalized spacial score (nSPS) is 17.7. The molecule has 4 heteroatoms. The SMILES string of the molecule is CC1(C)COc2cc(Cl)c(C=O)cc2OC1. The fourth-order valence-corrected chi connectivity index (χ4v) is 1.65. The van der Waals surface area contributed by atoms with E-state index in [1.165, 1.54) is 0 Å². The lowest BCUT2D eigenvalue weighted by atomic mass is 9.97. The van der Waals surface area contributed by atoms with Crippen LogP contribution in [0, 0.1) is 5.41 Å². The minimum Gasteiger partial charge on any atom is -0.489 e. The Morgan fingerprint density at radius 1 is 1.25 bits per heavy atom. The molecule has 0 radical (unpaired) electrons. The van der Waals surface area contributed by atoms with E-state index in [9.17, 15) is 4.79 Å². The second-order valence-corrected chi connectivity index (χ2v) is 5.09. The number of ether oxygens (including phenoxy) is 2. The number of carbonyl (C=O) groups is 1. The molecule has 2 rings (SSSR count). The van der Waals surface area contributed by atoms with E-state index in [0.29, 0.717) is 41.6 Å². The molecule has 0 spiro atoms. The minimum atomic E-state index is -0.0488. The van der Waals surface area contributed by atoms with Gasteiger partial charge in [-0.3, -0.25) is 4.79 Å². The molecule has 0 aromatic heterocycles. The summed E-state index contributed by atoms with van der Waals surface area (Å²) in [6.45, 7) is 5.24. The smallest absolute Gasteiger partial charge is 0.162 e. The Hall–Kier alpha value is -1.22. The number of carbonyl (C=O) groups excluding carboxylic acids is 1. The third-order valence-corrected chi connectivity index (χ3v) is 2.75. The van der Waals surface area contributed by atoms with Gasteiger partial charge in [-0.2, -0.15) is 0 Å². The van der Waals surface area contributed by atoms with Gasteiger partial charge in [-0.05, 0) is 6.07 Å². The summed E-state index contributed by atoms with van der Waals surface area (Å²) in [5.74, 6) is 1.18. The number of aldehydes is 1. The van der Waals surface area contributed by atoms with Gasteiger partial charge < -0.3 is 9.47 Å². The molecule has 0 fully saturated rings. The Bertz CT molecular complexity index is 427. The van der Waals surface area contributed by atoms with Crippen LogP contribution in [-0.2, 0) is 0 Å². The first kappa shape index (κ1) is 11.3. The van der Waals surface area contributed by atoms with Crippen LogP contribution in [0.3, 0.4) is 0 Å². The predicted octanol–water partition coefficient (Wildman–Crippen LogP) is 2.95. The van der Waals surface area contributed by atoms with Crippen LogP contribution in [0.25, 0.3) is 0 Å². The number of benzene rings is 1. The largest absolute Gasteiger partial charge is 0.489 e. The first-order valence-electron chi connectivity index (χ1n) is 5.06.